The number of hydrogen-bond donors (Lipinski definition) is 0. The number of benzene rings is 1. The molecule has 0 N–H and O–H groups in total. The summed E-state index contributed by atoms with van der Waals surface area (Å²) in [5.74, 6) is 2.03. The first-order chi connectivity index (χ1) is 13.1. The number of anilines is 1. The predicted molar refractivity (Wildman–Crippen MR) is 114 cm³/mol. The minimum Gasteiger partial charge on any atom is -0.493 e. The Labute approximate surface area is 166 Å². The minimum atomic E-state index is 0.635. The van der Waals surface area contributed by atoms with E-state index in [0.29, 0.717) is 17.2 Å². The van der Waals surface area contributed by atoms with E-state index in [1.165, 1.54) is 0 Å². The Hall–Kier alpha value is -1.66. The van der Waals surface area contributed by atoms with Crippen LogP contribution < -0.4 is 19.1 Å². The lowest BCUT2D eigenvalue weighted by Crippen LogP contribution is -2.40. The van der Waals surface area contributed by atoms with Crippen LogP contribution in [0.4, 0.5) is 5.69 Å². The summed E-state index contributed by atoms with van der Waals surface area (Å²) in [6, 6.07) is 4.09. The minimum absolute atomic E-state index is 0.635. The quantitative estimate of drug-likeness (QED) is 0.493. The van der Waals surface area contributed by atoms with Crippen molar-refractivity contribution in [2.24, 2.45) is 0 Å². The summed E-state index contributed by atoms with van der Waals surface area (Å²) in [5.41, 5.74) is 1.10. The third kappa shape index (κ3) is 6.78. The molecule has 6 nitrogen and oxygen atoms in total. The zero-order valence-corrected chi connectivity index (χ0v) is 18.4. The van der Waals surface area contributed by atoms with Crippen LogP contribution in [0.1, 0.15) is 27.7 Å². The summed E-state index contributed by atoms with van der Waals surface area (Å²) in [5, 5.41) is 0. The van der Waals surface area contributed by atoms with Crippen molar-refractivity contribution in [2.45, 2.75) is 27.7 Å². The Morgan fingerprint density at radius 3 is 1.33 bits per heavy atom. The van der Waals surface area contributed by atoms with Gasteiger partial charge in [-0.15, -0.1) is 0 Å². The molecular formula is C21H39N3O3. The van der Waals surface area contributed by atoms with Gasteiger partial charge in [-0.2, -0.15) is 0 Å². The molecule has 0 saturated carbocycles. The van der Waals surface area contributed by atoms with Crippen molar-refractivity contribution in [3.05, 3.63) is 12.1 Å². The molecule has 0 bridgehead atoms. The van der Waals surface area contributed by atoms with Gasteiger partial charge in [-0.05, 0) is 26.2 Å². The van der Waals surface area contributed by atoms with E-state index in [1.54, 1.807) is 21.3 Å². The van der Waals surface area contributed by atoms with Crippen LogP contribution >= 0.6 is 0 Å². The van der Waals surface area contributed by atoms with E-state index < -0.39 is 0 Å². The van der Waals surface area contributed by atoms with Gasteiger partial charge in [-0.3, -0.25) is 0 Å². The fourth-order valence-electron chi connectivity index (χ4n) is 3.22. The van der Waals surface area contributed by atoms with Crippen molar-refractivity contribution in [3.63, 3.8) is 0 Å². The van der Waals surface area contributed by atoms with Crippen LogP contribution in [0, 0.1) is 0 Å². The van der Waals surface area contributed by atoms with Gasteiger partial charge in [0.25, 0.3) is 0 Å². The van der Waals surface area contributed by atoms with Crippen LogP contribution in [-0.2, 0) is 0 Å². The summed E-state index contributed by atoms with van der Waals surface area (Å²) in [6.07, 6.45) is 0. The van der Waals surface area contributed by atoms with Crippen molar-refractivity contribution >= 4 is 5.69 Å². The number of rotatable bonds is 14. The van der Waals surface area contributed by atoms with E-state index in [9.17, 15) is 0 Å². The number of hydrogen-bond acceptors (Lipinski definition) is 6. The fourth-order valence-corrected chi connectivity index (χ4v) is 3.22. The van der Waals surface area contributed by atoms with Gasteiger partial charge in [0, 0.05) is 44.0 Å². The molecule has 0 fully saturated rings. The summed E-state index contributed by atoms with van der Waals surface area (Å²) >= 11 is 0. The lowest BCUT2D eigenvalue weighted by Gasteiger charge is -2.31. The Balaban J connectivity index is 3.11. The molecule has 27 heavy (non-hydrogen) atoms. The summed E-state index contributed by atoms with van der Waals surface area (Å²) in [7, 11) is 4.97. The molecule has 1 aromatic carbocycles. The average Bonchev–Trinajstić information content (AvgIpc) is 2.72. The molecule has 0 atom stereocenters. The maximum atomic E-state index is 5.55. The normalized spacial score (nSPS) is 11.1. The third-order valence-electron chi connectivity index (χ3n) is 5.18. The van der Waals surface area contributed by atoms with E-state index in [0.717, 1.165) is 58.0 Å². The first-order valence-electron chi connectivity index (χ1n) is 10.1. The third-order valence-corrected chi connectivity index (χ3v) is 5.18. The topological polar surface area (TPSA) is 37.4 Å². The highest BCUT2D eigenvalue weighted by Crippen LogP contribution is 2.41. The van der Waals surface area contributed by atoms with Gasteiger partial charge in [0.15, 0.2) is 11.5 Å². The smallest absolute Gasteiger partial charge is 0.203 e. The Morgan fingerprint density at radius 1 is 0.630 bits per heavy atom. The van der Waals surface area contributed by atoms with Crippen LogP contribution in [0.25, 0.3) is 0 Å². The van der Waals surface area contributed by atoms with Gasteiger partial charge in [0.05, 0.1) is 21.3 Å². The summed E-state index contributed by atoms with van der Waals surface area (Å²) < 4.78 is 16.6. The van der Waals surface area contributed by atoms with Crippen molar-refractivity contribution in [2.75, 3.05) is 78.6 Å². The SMILES string of the molecule is CCN(CC)CCN(CCN(CC)CC)c1cc(OC)c(OC)c(OC)c1. The van der Waals surface area contributed by atoms with Crippen molar-refractivity contribution in [1.82, 2.24) is 9.80 Å². The van der Waals surface area contributed by atoms with Crippen LogP contribution in [0.5, 0.6) is 17.2 Å². The second-order valence-electron chi connectivity index (χ2n) is 6.42. The van der Waals surface area contributed by atoms with Crippen LogP contribution in [0.3, 0.4) is 0 Å². The Morgan fingerprint density at radius 2 is 1.04 bits per heavy atom. The Kier molecular flexibility index (Phi) is 11.0. The summed E-state index contributed by atoms with van der Waals surface area (Å²) in [4.78, 5) is 7.31. The molecule has 0 aliphatic heterocycles. The monoisotopic (exact) mass is 381 g/mol. The van der Waals surface area contributed by atoms with Gasteiger partial charge in [-0.25, -0.2) is 0 Å². The molecule has 0 spiro atoms. The number of methoxy groups -OCH3 is 3. The number of likely N-dealkylation sites (N-methyl/N-ethyl adjacent to an activating group) is 2. The summed E-state index contributed by atoms with van der Waals surface area (Å²) in [6.45, 7) is 17.1. The maximum absolute atomic E-state index is 5.55. The van der Waals surface area contributed by atoms with E-state index in [1.807, 2.05) is 12.1 Å². The predicted octanol–water partition coefficient (Wildman–Crippen LogP) is 3.20. The second kappa shape index (κ2) is 12.7. The van der Waals surface area contributed by atoms with E-state index >= 15 is 0 Å². The molecule has 0 amide bonds. The van der Waals surface area contributed by atoms with Crippen LogP contribution in [0.15, 0.2) is 12.1 Å². The largest absolute Gasteiger partial charge is 0.493 e. The Bertz CT molecular complexity index is 490. The fraction of sp³-hybridized carbons (Fsp3) is 0.714. The van der Waals surface area contributed by atoms with Gasteiger partial charge in [0.1, 0.15) is 0 Å². The first kappa shape index (κ1) is 23.4. The van der Waals surface area contributed by atoms with Gasteiger partial charge in [0.2, 0.25) is 5.75 Å². The standard InChI is InChI=1S/C21H39N3O3/c1-8-22(9-2)12-14-24(15-13-23(10-3)11-4)18-16-19(25-5)21(27-7)20(17-18)26-6/h16-17H,8-15H2,1-7H3. The molecule has 0 saturated heterocycles. The van der Waals surface area contributed by atoms with Crippen molar-refractivity contribution in [3.8, 4) is 17.2 Å². The zero-order chi connectivity index (χ0) is 20.2. The van der Waals surface area contributed by atoms with E-state index in [-0.39, 0.29) is 0 Å². The van der Waals surface area contributed by atoms with Crippen LogP contribution in [-0.4, -0.2) is 83.5 Å². The molecule has 1 aromatic rings. The van der Waals surface area contributed by atoms with Crippen molar-refractivity contribution in [1.29, 1.82) is 0 Å². The number of ether oxygens (including phenoxy) is 3. The molecule has 0 heterocycles. The molecule has 1 rings (SSSR count). The lowest BCUT2D eigenvalue weighted by atomic mass is 10.2. The molecule has 156 valence electrons. The molecule has 0 aliphatic rings. The van der Waals surface area contributed by atoms with Gasteiger partial charge in [-0.1, -0.05) is 27.7 Å². The van der Waals surface area contributed by atoms with Crippen LogP contribution in [0.2, 0.25) is 0 Å². The zero-order valence-electron chi connectivity index (χ0n) is 18.4. The van der Waals surface area contributed by atoms with Crippen molar-refractivity contribution < 1.29 is 14.2 Å². The second-order valence-corrected chi connectivity index (χ2v) is 6.42. The number of nitrogens with zero attached hydrogens (tertiary/aromatic N) is 3. The van der Waals surface area contributed by atoms with E-state index in [2.05, 4.69) is 42.4 Å². The molecule has 0 radical (unpaired) electrons. The molecular weight excluding hydrogens is 342 g/mol. The average molecular weight is 382 g/mol. The van der Waals surface area contributed by atoms with Gasteiger partial charge >= 0.3 is 0 Å². The van der Waals surface area contributed by atoms with Gasteiger partial charge < -0.3 is 28.9 Å². The molecule has 0 aliphatic carbocycles. The highest BCUT2D eigenvalue weighted by atomic mass is 16.5. The highest BCUT2D eigenvalue weighted by molar-refractivity contribution is 5.63. The molecule has 0 unspecified atom stereocenters. The maximum Gasteiger partial charge on any atom is 0.203 e. The molecule has 6 heteroatoms. The van der Waals surface area contributed by atoms with E-state index in [4.69, 9.17) is 14.2 Å². The first-order valence-corrected chi connectivity index (χ1v) is 10.1. The lowest BCUT2D eigenvalue weighted by molar-refractivity contribution is 0.294. The molecule has 0 aromatic heterocycles. The highest BCUT2D eigenvalue weighted by Gasteiger charge is 2.17.